The molecule has 1 atom stereocenters. The van der Waals surface area contributed by atoms with E-state index >= 15 is 0 Å². The highest BCUT2D eigenvalue weighted by Gasteiger charge is 2.10. The lowest BCUT2D eigenvalue weighted by Crippen LogP contribution is -2.08. The Morgan fingerprint density at radius 1 is 1.46 bits per heavy atom. The monoisotopic (exact) mass is 292 g/mol. The van der Waals surface area contributed by atoms with Gasteiger partial charge in [-0.3, -0.25) is 0 Å². The van der Waals surface area contributed by atoms with Gasteiger partial charge in [0, 0.05) is 26.9 Å². The molecule has 0 fully saturated rings. The van der Waals surface area contributed by atoms with Gasteiger partial charge in [-0.25, -0.2) is 0 Å². The number of nitrogen functional groups attached to an aromatic ring is 1. The molecule has 13 heavy (non-hydrogen) atoms. The van der Waals surface area contributed by atoms with Crippen LogP contribution in [0.3, 0.4) is 0 Å². The molecule has 0 heterocycles. The largest absolute Gasteiger partial charge is 0.496 e. The van der Waals surface area contributed by atoms with Gasteiger partial charge in [0.25, 0.3) is 0 Å². The number of anilines is 1. The van der Waals surface area contributed by atoms with Crippen molar-refractivity contribution < 1.29 is 4.74 Å². The smallest absolute Gasteiger partial charge is 0.125 e. The van der Waals surface area contributed by atoms with E-state index in [1.807, 2.05) is 13.0 Å². The molecular weight excluding hydrogens is 279 g/mol. The van der Waals surface area contributed by atoms with Crippen molar-refractivity contribution in [2.75, 3.05) is 12.8 Å². The lowest BCUT2D eigenvalue weighted by molar-refractivity contribution is 0.407. The number of rotatable bonds is 2. The summed E-state index contributed by atoms with van der Waals surface area (Å²) in [7, 11) is 1.62. The average Bonchev–Trinajstić information content (AvgIpc) is 2.08. The Morgan fingerprint density at radius 2 is 2.08 bits per heavy atom. The fraction of sp³-hybridized carbons (Fsp3) is 0.333. The third kappa shape index (κ3) is 2.25. The Kier molecular flexibility index (Phi) is 3.38. The first-order chi connectivity index (χ1) is 6.06. The van der Waals surface area contributed by atoms with Crippen LogP contribution in [0.15, 0.2) is 12.1 Å². The lowest BCUT2D eigenvalue weighted by Gasteiger charge is -2.13. The molecule has 1 aromatic carbocycles. The first-order valence-electron chi connectivity index (χ1n) is 3.94. The highest BCUT2D eigenvalue weighted by molar-refractivity contribution is 14.1. The van der Waals surface area contributed by atoms with Crippen molar-refractivity contribution in [2.24, 2.45) is 5.73 Å². The molecule has 1 rings (SSSR count). The Hall–Kier alpha value is -0.490. The molecule has 0 bridgehead atoms. The van der Waals surface area contributed by atoms with E-state index in [1.165, 1.54) is 0 Å². The Balaban J connectivity index is 3.25. The number of methoxy groups -OCH3 is 1. The molecule has 0 saturated heterocycles. The van der Waals surface area contributed by atoms with E-state index in [0.29, 0.717) is 0 Å². The highest BCUT2D eigenvalue weighted by Crippen LogP contribution is 2.29. The van der Waals surface area contributed by atoms with E-state index in [0.717, 1.165) is 20.6 Å². The van der Waals surface area contributed by atoms with Crippen LogP contribution in [0.1, 0.15) is 18.5 Å². The number of halogens is 1. The molecule has 0 aliphatic carbocycles. The van der Waals surface area contributed by atoms with E-state index in [4.69, 9.17) is 16.2 Å². The molecule has 0 aromatic heterocycles. The van der Waals surface area contributed by atoms with E-state index in [1.54, 1.807) is 13.2 Å². The minimum Gasteiger partial charge on any atom is -0.496 e. The van der Waals surface area contributed by atoms with Gasteiger partial charge in [0.2, 0.25) is 0 Å². The second kappa shape index (κ2) is 4.15. The fourth-order valence-corrected chi connectivity index (χ4v) is 1.61. The summed E-state index contributed by atoms with van der Waals surface area (Å²) < 4.78 is 6.18. The molecule has 72 valence electrons. The first-order valence-corrected chi connectivity index (χ1v) is 5.02. The molecule has 0 aliphatic rings. The Bertz CT molecular complexity index is 313. The van der Waals surface area contributed by atoms with Crippen LogP contribution in [0.5, 0.6) is 5.75 Å². The van der Waals surface area contributed by atoms with Crippen LogP contribution < -0.4 is 16.2 Å². The molecule has 0 spiro atoms. The minimum atomic E-state index is -0.0379. The summed E-state index contributed by atoms with van der Waals surface area (Å²) in [5.74, 6) is 0.757. The van der Waals surface area contributed by atoms with Crippen molar-refractivity contribution in [3.63, 3.8) is 0 Å². The maximum atomic E-state index is 5.78. The van der Waals surface area contributed by atoms with Gasteiger partial charge in [-0.05, 0) is 35.6 Å². The summed E-state index contributed by atoms with van der Waals surface area (Å²) in [5, 5.41) is 0. The van der Waals surface area contributed by atoms with E-state index in [-0.39, 0.29) is 6.04 Å². The number of hydrogen-bond acceptors (Lipinski definition) is 3. The predicted molar refractivity (Wildman–Crippen MR) is 62.7 cm³/mol. The average molecular weight is 292 g/mol. The van der Waals surface area contributed by atoms with Crippen molar-refractivity contribution in [3.05, 3.63) is 21.3 Å². The molecule has 0 unspecified atom stereocenters. The van der Waals surface area contributed by atoms with Gasteiger partial charge in [-0.1, -0.05) is 0 Å². The third-order valence-electron chi connectivity index (χ3n) is 1.84. The standard InChI is InChI=1S/C9H13IN2O/c1-5(11)6-3-7(10)8(12)4-9(6)13-2/h3-5H,11-12H2,1-2H3/t5-/m0/s1. The van der Waals surface area contributed by atoms with Crippen molar-refractivity contribution >= 4 is 28.3 Å². The minimum absolute atomic E-state index is 0.0379. The summed E-state index contributed by atoms with van der Waals surface area (Å²) in [6.45, 7) is 1.92. The van der Waals surface area contributed by atoms with Crippen molar-refractivity contribution in [1.82, 2.24) is 0 Å². The first kappa shape index (κ1) is 10.6. The van der Waals surface area contributed by atoms with Gasteiger partial charge >= 0.3 is 0 Å². The highest BCUT2D eigenvalue weighted by atomic mass is 127. The zero-order valence-corrected chi connectivity index (χ0v) is 9.83. The summed E-state index contributed by atoms with van der Waals surface area (Å²) in [6, 6.07) is 3.73. The van der Waals surface area contributed by atoms with E-state index in [9.17, 15) is 0 Å². The maximum Gasteiger partial charge on any atom is 0.125 e. The van der Waals surface area contributed by atoms with Crippen LogP contribution >= 0.6 is 22.6 Å². The number of hydrogen-bond donors (Lipinski definition) is 2. The normalized spacial score (nSPS) is 12.6. The van der Waals surface area contributed by atoms with Crippen molar-refractivity contribution in [3.8, 4) is 5.75 Å². The zero-order valence-electron chi connectivity index (χ0n) is 7.67. The van der Waals surface area contributed by atoms with E-state index < -0.39 is 0 Å². The molecular formula is C9H13IN2O. The molecule has 0 radical (unpaired) electrons. The number of benzene rings is 1. The summed E-state index contributed by atoms with van der Waals surface area (Å²) in [5.41, 5.74) is 13.2. The van der Waals surface area contributed by atoms with Crippen LogP contribution in [0, 0.1) is 3.57 Å². The second-order valence-corrected chi connectivity index (χ2v) is 4.07. The van der Waals surface area contributed by atoms with Crippen molar-refractivity contribution in [2.45, 2.75) is 13.0 Å². The van der Waals surface area contributed by atoms with Crippen LogP contribution in [-0.2, 0) is 0 Å². The molecule has 0 amide bonds. The number of nitrogens with two attached hydrogens (primary N) is 2. The summed E-state index contributed by atoms with van der Waals surface area (Å²) in [6.07, 6.45) is 0. The maximum absolute atomic E-state index is 5.78. The van der Waals surface area contributed by atoms with Crippen LogP contribution in [0.4, 0.5) is 5.69 Å². The molecule has 4 N–H and O–H groups in total. The van der Waals surface area contributed by atoms with Gasteiger partial charge in [-0.15, -0.1) is 0 Å². The SMILES string of the molecule is COc1cc(N)c(I)cc1[C@H](C)N. The third-order valence-corrected chi connectivity index (χ3v) is 2.77. The van der Waals surface area contributed by atoms with Gasteiger partial charge in [0.1, 0.15) is 5.75 Å². The summed E-state index contributed by atoms with van der Waals surface area (Å²) >= 11 is 2.18. The molecule has 0 saturated carbocycles. The molecule has 0 aliphatic heterocycles. The summed E-state index contributed by atoms with van der Waals surface area (Å²) in [4.78, 5) is 0. The fourth-order valence-electron chi connectivity index (χ4n) is 1.12. The van der Waals surface area contributed by atoms with Crippen LogP contribution in [-0.4, -0.2) is 7.11 Å². The molecule has 3 nitrogen and oxygen atoms in total. The second-order valence-electron chi connectivity index (χ2n) is 2.90. The van der Waals surface area contributed by atoms with Gasteiger partial charge in [0.05, 0.1) is 7.11 Å². The molecule has 1 aromatic rings. The number of ether oxygens (including phenoxy) is 1. The Morgan fingerprint density at radius 3 is 2.54 bits per heavy atom. The van der Waals surface area contributed by atoms with E-state index in [2.05, 4.69) is 22.6 Å². The lowest BCUT2D eigenvalue weighted by atomic mass is 10.1. The van der Waals surface area contributed by atoms with Crippen molar-refractivity contribution in [1.29, 1.82) is 0 Å². The van der Waals surface area contributed by atoms with Gasteiger partial charge < -0.3 is 16.2 Å². The van der Waals surface area contributed by atoms with Gasteiger partial charge in [0.15, 0.2) is 0 Å². The van der Waals surface area contributed by atoms with Crippen LogP contribution in [0.2, 0.25) is 0 Å². The molecule has 4 heteroatoms. The van der Waals surface area contributed by atoms with Crippen LogP contribution in [0.25, 0.3) is 0 Å². The Labute approximate surface area is 91.6 Å². The predicted octanol–water partition coefficient (Wildman–Crippen LogP) is 1.90. The van der Waals surface area contributed by atoms with Gasteiger partial charge in [-0.2, -0.15) is 0 Å². The topological polar surface area (TPSA) is 61.3 Å². The zero-order chi connectivity index (χ0) is 10.0. The quantitative estimate of drug-likeness (QED) is 0.646.